The molecule has 0 aliphatic rings. The number of benzene rings is 2. The Hall–Kier alpha value is -2.08. The first kappa shape index (κ1) is 15.3. The Labute approximate surface area is 122 Å². The predicted molar refractivity (Wildman–Crippen MR) is 74.6 cm³/mol. The van der Waals surface area contributed by atoms with E-state index in [1.54, 1.807) is 19.1 Å². The van der Waals surface area contributed by atoms with Gasteiger partial charge in [-0.25, -0.2) is 13.6 Å². The highest BCUT2D eigenvalue weighted by atomic mass is 32.2. The lowest BCUT2D eigenvalue weighted by Crippen LogP contribution is -2.03. The third kappa shape index (κ3) is 3.72. The van der Waals surface area contributed by atoms with Crippen LogP contribution in [0.1, 0.15) is 21.5 Å². The van der Waals surface area contributed by atoms with Gasteiger partial charge in [-0.3, -0.25) is 4.21 Å². The van der Waals surface area contributed by atoms with Crippen LogP contribution in [0.3, 0.4) is 0 Å². The molecule has 2 aromatic carbocycles. The van der Waals surface area contributed by atoms with Crippen molar-refractivity contribution in [1.29, 1.82) is 0 Å². The van der Waals surface area contributed by atoms with Crippen molar-refractivity contribution in [3.63, 3.8) is 0 Å². The van der Waals surface area contributed by atoms with Crippen molar-refractivity contribution < 1.29 is 22.9 Å². The second kappa shape index (κ2) is 6.13. The van der Waals surface area contributed by atoms with Gasteiger partial charge in [0, 0.05) is 11.0 Å². The van der Waals surface area contributed by atoms with Crippen LogP contribution in [0.4, 0.5) is 8.78 Å². The Morgan fingerprint density at radius 3 is 2.33 bits per heavy atom. The van der Waals surface area contributed by atoms with Crippen molar-refractivity contribution in [1.82, 2.24) is 0 Å². The van der Waals surface area contributed by atoms with Crippen LogP contribution in [0.5, 0.6) is 0 Å². The van der Waals surface area contributed by atoms with Crippen LogP contribution in [0.25, 0.3) is 0 Å². The Kier molecular flexibility index (Phi) is 4.47. The average Bonchev–Trinajstić information content (AvgIpc) is 2.37. The highest BCUT2D eigenvalue weighted by Crippen LogP contribution is 2.18. The number of aromatic carboxylic acids is 1. The molecule has 2 aromatic rings. The van der Waals surface area contributed by atoms with Crippen LogP contribution < -0.4 is 0 Å². The second-order valence-electron chi connectivity index (χ2n) is 4.55. The van der Waals surface area contributed by atoms with Crippen LogP contribution in [-0.2, 0) is 16.6 Å². The maximum absolute atomic E-state index is 13.1. The molecule has 0 fully saturated rings. The van der Waals surface area contributed by atoms with Crippen LogP contribution in [0.15, 0.2) is 41.3 Å². The molecule has 6 heteroatoms. The van der Waals surface area contributed by atoms with E-state index in [9.17, 15) is 17.8 Å². The summed E-state index contributed by atoms with van der Waals surface area (Å²) < 4.78 is 38.4. The average molecular weight is 310 g/mol. The Bertz CT molecular complexity index is 709. The molecule has 0 radical (unpaired) electrons. The standard InChI is InChI=1S/C15H12F2O3S/c1-9-2-3-13(7-14(9)15(18)19)21(20)8-10-4-11(16)6-12(17)5-10/h2-7H,8H2,1H3,(H,18,19). The quantitative estimate of drug-likeness (QED) is 0.943. The Morgan fingerprint density at radius 1 is 1.14 bits per heavy atom. The van der Waals surface area contributed by atoms with Gasteiger partial charge in [0.25, 0.3) is 0 Å². The van der Waals surface area contributed by atoms with Gasteiger partial charge in [-0.05, 0) is 42.3 Å². The van der Waals surface area contributed by atoms with Crippen molar-refractivity contribution in [2.75, 3.05) is 0 Å². The Balaban J connectivity index is 2.28. The van der Waals surface area contributed by atoms with Crippen molar-refractivity contribution in [3.8, 4) is 0 Å². The molecular weight excluding hydrogens is 298 g/mol. The van der Waals surface area contributed by atoms with Crippen LogP contribution in [0, 0.1) is 18.6 Å². The molecule has 0 bridgehead atoms. The summed E-state index contributed by atoms with van der Waals surface area (Å²) in [6.07, 6.45) is 0. The van der Waals surface area contributed by atoms with Crippen molar-refractivity contribution in [3.05, 3.63) is 64.7 Å². The molecule has 0 heterocycles. The van der Waals surface area contributed by atoms with Gasteiger partial charge in [0.1, 0.15) is 11.6 Å². The van der Waals surface area contributed by atoms with Crippen molar-refractivity contribution in [2.24, 2.45) is 0 Å². The molecular formula is C15H12F2O3S. The summed E-state index contributed by atoms with van der Waals surface area (Å²) in [5, 5.41) is 9.04. The molecule has 1 unspecified atom stereocenters. The summed E-state index contributed by atoms with van der Waals surface area (Å²) in [5.41, 5.74) is 0.870. The molecule has 0 saturated carbocycles. The first-order valence-corrected chi connectivity index (χ1v) is 7.36. The summed E-state index contributed by atoms with van der Waals surface area (Å²) in [6, 6.07) is 7.38. The van der Waals surface area contributed by atoms with E-state index in [2.05, 4.69) is 0 Å². The van der Waals surface area contributed by atoms with E-state index >= 15 is 0 Å². The molecule has 0 saturated heterocycles. The van der Waals surface area contributed by atoms with Crippen LogP contribution in [-0.4, -0.2) is 15.3 Å². The molecule has 21 heavy (non-hydrogen) atoms. The number of hydrogen-bond donors (Lipinski definition) is 1. The molecule has 0 aromatic heterocycles. The molecule has 0 aliphatic carbocycles. The van der Waals surface area contributed by atoms with Gasteiger partial charge in [0.05, 0.1) is 22.1 Å². The Morgan fingerprint density at radius 2 is 1.76 bits per heavy atom. The SMILES string of the molecule is Cc1ccc(S(=O)Cc2cc(F)cc(F)c2)cc1C(=O)O. The molecule has 0 amide bonds. The lowest BCUT2D eigenvalue weighted by molar-refractivity contribution is 0.0696. The fraction of sp³-hybridized carbons (Fsp3) is 0.133. The minimum Gasteiger partial charge on any atom is -0.478 e. The number of carbonyl (C=O) groups is 1. The molecule has 110 valence electrons. The van der Waals surface area contributed by atoms with Crippen molar-refractivity contribution in [2.45, 2.75) is 17.6 Å². The number of hydrogen-bond acceptors (Lipinski definition) is 2. The predicted octanol–water partition coefficient (Wildman–Crippen LogP) is 3.28. The maximum Gasteiger partial charge on any atom is 0.335 e. The van der Waals surface area contributed by atoms with Gasteiger partial charge in [-0.1, -0.05) is 6.07 Å². The lowest BCUT2D eigenvalue weighted by atomic mass is 10.1. The monoisotopic (exact) mass is 310 g/mol. The van der Waals surface area contributed by atoms with Gasteiger partial charge in [0.15, 0.2) is 0 Å². The van der Waals surface area contributed by atoms with E-state index in [1.165, 1.54) is 6.07 Å². The highest BCUT2D eigenvalue weighted by Gasteiger charge is 2.12. The fourth-order valence-corrected chi connectivity index (χ4v) is 3.01. The van der Waals surface area contributed by atoms with Gasteiger partial charge in [0.2, 0.25) is 0 Å². The highest BCUT2D eigenvalue weighted by molar-refractivity contribution is 7.84. The number of carboxylic acids is 1. The van der Waals surface area contributed by atoms with E-state index in [4.69, 9.17) is 5.11 Å². The maximum atomic E-state index is 13.1. The second-order valence-corrected chi connectivity index (χ2v) is 6.00. The van der Waals surface area contributed by atoms with E-state index < -0.39 is 28.4 Å². The third-order valence-electron chi connectivity index (χ3n) is 2.92. The summed E-state index contributed by atoms with van der Waals surface area (Å²) in [6.45, 7) is 1.64. The lowest BCUT2D eigenvalue weighted by Gasteiger charge is -2.06. The van der Waals surface area contributed by atoms with Crippen LogP contribution in [0.2, 0.25) is 0 Å². The molecule has 2 rings (SSSR count). The number of carboxylic acid groups (broad SMARTS) is 1. The minimum atomic E-state index is -1.58. The van der Waals surface area contributed by atoms with Crippen LogP contribution >= 0.6 is 0 Å². The number of aryl methyl sites for hydroxylation is 1. The summed E-state index contributed by atoms with van der Waals surface area (Å²) in [4.78, 5) is 11.4. The number of halogens is 2. The van der Waals surface area contributed by atoms with E-state index in [0.717, 1.165) is 18.2 Å². The zero-order valence-corrected chi connectivity index (χ0v) is 11.9. The van der Waals surface area contributed by atoms with Gasteiger partial charge in [-0.2, -0.15) is 0 Å². The largest absolute Gasteiger partial charge is 0.478 e. The molecule has 0 spiro atoms. The van der Waals surface area contributed by atoms with Gasteiger partial charge < -0.3 is 5.11 Å². The van der Waals surface area contributed by atoms with E-state index in [0.29, 0.717) is 10.5 Å². The molecule has 1 atom stereocenters. The summed E-state index contributed by atoms with van der Waals surface area (Å²) >= 11 is 0. The zero-order valence-electron chi connectivity index (χ0n) is 11.1. The van der Waals surface area contributed by atoms with Gasteiger partial charge >= 0.3 is 5.97 Å². The first-order valence-electron chi connectivity index (χ1n) is 6.04. The summed E-state index contributed by atoms with van der Waals surface area (Å²) in [5.74, 6) is -2.67. The minimum absolute atomic E-state index is 0.0614. The zero-order chi connectivity index (χ0) is 15.6. The molecule has 1 N–H and O–H groups in total. The normalized spacial score (nSPS) is 12.1. The smallest absolute Gasteiger partial charge is 0.335 e. The van der Waals surface area contributed by atoms with E-state index in [1.807, 2.05) is 0 Å². The third-order valence-corrected chi connectivity index (χ3v) is 4.30. The summed E-state index contributed by atoms with van der Waals surface area (Å²) in [7, 11) is -1.58. The van der Waals surface area contributed by atoms with E-state index in [-0.39, 0.29) is 16.9 Å². The number of rotatable bonds is 4. The fourth-order valence-electron chi connectivity index (χ4n) is 1.90. The topological polar surface area (TPSA) is 54.4 Å². The van der Waals surface area contributed by atoms with Crippen molar-refractivity contribution >= 4 is 16.8 Å². The first-order chi connectivity index (χ1) is 9.86. The molecule has 3 nitrogen and oxygen atoms in total. The molecule has 0 aliphatic heterocycles. The van der Waals surface area contributed by atoms with Gasteiger partial charge in [-0.15, -0.1) is 0 Å².